The van der Waals surface area contributed by atoms with E-state index in [1.807, 2.05) is 0 Å². The second-order valence-corrected chi connectivity index (χ2v) is 4.61. The van der Waals surface area contributed by atoms with Gasteiger partial charge in [-0.3, -0.25) is 0 Å². The van der Waals surface area contributed by atoms with Gasteiger partial charge in [0.05, 0.1) is 0 Å². The van der Waals surface area contributed by atoms with Crippen molar-refractivity contribution in [1.29, 1.82) is 0 Å². The Morgan fingerprint density at radius 1 is 1.08 bits per heavy atom. The highest BCUT2D eigenvalue weighted by Crippen LogP contribution is 2.28. The first-order chi connectivity index (χ1) is 6.40. The standard InChI is InChI=1S/C11H21NO/c13-9-10-4-3-7-12-6-2-1-5-11(12)8-10/h10-11,13H,1-9H2. The van der Waals surface area contributed by atoms with E-state index in [1.165, 1.54) is 51.6 Å². The molecule has 2 atom stereocenters. The van der Waals surface area contributed by atoms with Crippen LogP contribution in [0.3, 0.4) is 0 Å². The van der Waals surface area contributed by atoms with Crippen LogP contribution in [0.2, 0.25) is 0 Å². The molecule has 0 amide bonds. The van der Waals surface area contributed by atoms with Crippen LogP contribution in [0.15, 0.2) is 0 Å². The van der Waals surface area contributed by atoms with Gasteiger partial charge >= 0.3 is 0 Å². The van der Waals surface area contributed by atoms with Crippen molar-refractivity contribution in [2.75, 3.05) is 19.7 Å². The Bertz CT molecular complexity index is 160. The Morgan fingerprint density at radius 3 is 2.77 bits per heavy atom. The third-order valence-corrected chi connectivity index (χ3v) is 3.67. The van der Waals surface area contributed by atoms with E-state index >= 15 is 0 Å². The zero-order chi connectivity index (χ0) is 9.10. The summed E-state index contributed by atoms with van der Waals surface area (Å²) in [7, 11) is 0. The molecule has 2 nitrogen and oxygen atoms in total. The fourth-order valence-corrected chi connectivity index (χ4v) is 2.87. The van der Waals surface area contributed by atoms with Crippen LogP contribution in [-0.4, -0.2) is 35.7 Å². The normalized spacial score (nSPS) is 36.7. The van der Waals surface area contributed by atoms with Crippen molar-refractivity contribution in [3.63, 3.8) is 0 Å². The average molecular weight is 183 g/mol. The monoisotopic (exact) mass is 183 g/mol. The quantitative estimate of drug-likeness (QED) is 0.668. The molecule has 0 saturated carbocycles. The molecule has 2 aliphatic heterocycles. The first-order valence-corrected chi connectivity index (χ1v) is 5.75. The molecule has 2 unspecified atom stereocenters. The summed E-state index contributed by atoms with van der Waals surface area (Å²) in [5.41, 5.74) is 0. The summed E-state index contributed by atoms with van der Waals surface area (Å²) < 4.78 is 0. The second-order valence-electron chi connectivity index (χ2n) is 4.61. The van der Waals surface area contributed by atoms with Gasteiger partial charge in [0.1, 0.15) is 0 Å². The average Bonchev–Trinajstić information content (AvgIpc) is 2.38. The van der Waals surface area contributed by atoms with Crippen LogP contribution in [-0.2, 0) is 0 Å². The summed E-state index contributed by atoms with van der Waals surface area (Å²) in [5, 5.41) is 9.19. The van der Waals surface area contributed by atoms with E-state index in [9.17, 15) is 5.11 Å². The summed E-state index contributed by atoms with van der Waals surface area (Å²) in [6, 6.07) is 0.799. The van der Waals surface area contributed by atoms with E-state index in [0.717, 1.165) is 6.04 Å². The van der Waals surface area contributed by atoms with Crippen LogP contribution in [0.5, 0.6) is 0 Å². The Labute approximate surface area is 80.9 Å². The molecule has 2 heterocycles. The van der Waals surface area contributed by atoms with Gasteiger partial charge in [-0.2, -0.15) is 0 Å². The largest absolute Gasteiger partial charge is 0.396 e. The predicted octanol–water partition coefficient (Wildman–Crippen LogP) is 1.63. The van der Waals surface area contributed by atoms with Gasteiger partial charge in [-0.15, -0.1) is 0 Å². The Kier molecular flexibility index (Phi) is 3.23. The van der Waals surface area contributed by atoms with Crippen molar-refractivity contribution in [3.05, 3.63) is 0 Å². The lowest BCUT2D eigenvalue weighted by Gasteiger charge is -2.34. The number of hydrogen-bond donors (Lipinski definition) is 1. The molecule has 2 fully saturated rings. The molecule has 2 aliphatic rings. The molecular formula is C11H21NO. The van der Waals surface area contributed by atoms with Crippen molar-refractivity contribution >= 4 is 0 Å². The maximum atomic E-state index is 9.19. The number of nitrogens with zero attached hydrogens (tertiary/aromatic N) is 1. The van der Waals surface area contributed by atoms with Crippen molar-refractivity contribution < 1.29 is 5.11 Å². The van der Waals surface area contributed by atoms with Gasteiger partial charge in [-0.25, -0.2) is 0 Å². The van der Waals surface area contributed by atoms with Crippen LogP contribution in [0.1, 0.15) is 38.5 Å². The van der Waals surface area contributed by atoms with Crippen LogP contribution >= 0.6 is 0 Å². The molecule has 0 aromatic carbocycles. The predicted molar refractivity (Wildman–Crippen MR) is 53.6 cm³/mol. The van der Waals surface area contributed by atoms with Crippen LogP contribution in [0, 0.1) is 5.92 Å². The second kappa shape index (κ2) is 4.43. The number of aliphatic hydroxyl groups excluding tert-OH is 1. The molecular weight excluding hydrogens is 162 g/mol. The van der Waals surface area contributed by atoms with Gasteiger partial charge in [0.15, 0.2) is 0 Å². The maximum absolute atomic E-state index is 9.19. The van der Waals surface area contributed by atoms with Gasteiger partial charge < -0.3 is 10.0 Å². The van der Waals surface area contributed by atoms with Crippen molar-refractivity contribution in [2.24, 2.45) is 5.92 Å². The maximum Gasteiger partial charge on any atom is 0.0459 e. The van der Waals surface area contributed by atoms with Crippen molar-refractivity contribution in [2.45, 2.75) is 44.6 Å². The third kappa shape index (κ3) is 2.23. The zero-order valence-corrected chi connectivity index (χ0v) is 8.41. The minimum absolute atomic E-state index is 0.407. The minimum Gasteiger partial charge on any atom is -0.396 e. The van der Waals surface area contributed by atoms with Crippen molar-refractivity contribution in [3.8, 4) is 0 Å². The third-order valence-electron chi connectivity index (χ3n) is 3.67. The van der Waals surface area contributed by atoms with E-state index in [0.29, 0.717) is 12.5 Å². The highest BCUT2D eigenvalue weighted by Gasteiger charge is 2.27. The van der Waals surface area contributed by atoms with Gasteiger partial charge in [0, 0.05) is 12.6 Å². The summed E-state index contributed by atoms with van der Waals surface area (Å²) in [6.07, 6.45) is 7.94. The molecule has 0 spiro atoms. The Morgan fingerprint density at radius 2 is 1.92 bits per heavy atom. The van der Waals surface area contributed by atoms with E-state index in [1.54, 1.807) is 0 Å². The molecule has 0 bridgehead atoms. The fourth-order valence-electron chi connectivity index (χ4n) is 2.87. The lowest BCUT2D eigenvalue weighted by Crippen LogP contribution is -2.39. The minimum atomic E-state index is 0.407. The Balaban J connectivity index is 1.94. The summed E-state index contributed by atoms with van der Waals surface area (Å²) in [5.74, 6) is 0.591. The highest BCUT2D eigenvalue weighted by molar-refractivity contribution is 4.82. The molecule has 0 radical (unpaired) electrons. The lowest BCUT2D eigenvalue weighted by atomic mass is 9.93. The van der Waals surface area contributed by atoms with E-state index in [4.69, 9.17) is 0 Å². The van der Waals surface area contributed by atoms with E-state index in [2.05, 4.69) is 4.90 Å². The number of aliphatic hydroxyl groups is 1. The van der Waals surface area contributed by atoms with E-state index in [-0.39, 0.29) is 0 Å². The molecule has 0 aromatic heterocycles. The van der Waals surface area contributed by atoms with Gasteiger partial charge in [0.2, 0.25) is 0 Å². The molecule has 0 aliphatic carbocycles. The first kappa shape index (κ1) is 9.47. The Hall–Kier alpha value is -0.0800. The fraction of sp³-hybridized carbons (Fsp3) is 1.00. The van der Waals surface area contributed by atoms with Gasteiger partial charge in [0.25, 0.3) is 0 Å². The first-order valence-electron chi connectivity index (χ1n) is 5.75. The number of hydrogen-bond acceptors (Lipinski definition) is 2. The molecule has 13 heavy (non-hydrogen) atoms. The summed E-state index contributed by atoms with van der Waals surface area (Å²) in [6.45, 7) is 2.99. The molecule has 1 N–H and O–H groups in total. The smallest absolute Gasteiger partial charge is 0.0459 e. The molecule has 0 aromatic rings. The molecule has 76 valence electrons. The topological polar surface area (TPSA) is 23.5 Å². The summed E-state index contributed by atoms with van der Waals surface area (Å²) >= 11 is 0. The zero-order valence-electron chi connectivity index (χ0n) is 8.41. The van der Waals surface area contributed by atoms with Crippen LogP contribution in [0.4, 0.5) is 0 Å². The number of fused-ring (bicyclic) bond motifs is 1. The van der Waals surface area contributed by atoms with Gasteiger partial charge in [-0.05, 0) is 51.1 Å². The molecule has 2 saturated heterocycles. The molecule has 2 heteroatoms. The SMILES string of the molecule is OCC1CCCN2CCCCC2C1. The van der Waals surface area contributed by atoms with Crippen molar-refractivity contribution in [1.82, 2.24) is 4.90 Å². The number of rotatable bonds is 1. The van der Waals surface area contributed by atoms with Crippen LogP contribution in [0.25, 0.3) is 0 Å². The van der Waals surface area contributed by atoms with E-state index < -0.39 is 0 Å². The van der Waals surface area contributed by atoms with Crippen LogP contribution < -0.4 is 0 Å². The summed E-state index contributed by atoms with van der Waals surface area (Å²) in [4.78, 5) is 2.65. The lowest BCUT2D eigenvalue weighted by molar-refractivity contribution is 0.131. The highest BCUT2D eigenvalue weighted by atomic mass is 16.3. The van der Waals surface area contributed by atoms with Gasteiger partial charge in [-0.1, -0.05) is 6.42 Å². The number of piperidine rings is 1. The molecule has 2 rings (SSSR count).